The molecule has 0 bridgehead atoms. The van der Waals surface area contributed by atoms with Gasteiger partial charge in [-0.2, -0.15) is 0 Å². The molecule has 0 spiro atoms. The highest BCUT2D eigenvalue weighted by molar-refractivity contribution is 6.32. The summed E-state index contributed by atoms with van der Waals surface area (Å²) in [5.41, 5.74) is 6.22. The molecular formula is C16H21ClN2O4. The monoisotopic (exact) mass is 340 g/mol. The summed E-state index contributed by atoms with van der Waals surface area (Å²) in [6.45, 7) is 1.22. The summed E-state index contributed by atoms with van der Waals surface area (Å²) in [6.07, 6.45) is 0.217. The van der Waals surface area contributed by atoms with E-state index in [4.69, 9.17) is 26.8 Å². The van der Waals surface area contributed by atoms with Gasteiger partial charge in [0.05, 0.1) is 31.1 Å². The van der Waals surface area contributed by atoms with Crippen molar-refractivity contribution in [1.82, 2.24) is 4.90 Å². The van der Waals surface area contributed by atoms with E-state index in [0.717, 1.165) is 5.56 Å². The first-order valence-electron chi connectivity index (χ1n) is 7.34. The van der Waals surface area contributed by atoms with Gasteiger partial charge in [-0.1, -0.05) is 17.7 Å². The summed E-state index contributed by atoms with van der Waals surface area (Å²) in [7, 11) is 3.11. The van der Waals surface area contributed by atoms with E-state index in [0.29, 0.717) is 30.5 Å². The van der Waals surface area contributed by atoms with Crippen LogP contribution < -0.4 is 10.5 Å². The molecule has 1 heterocycles. The maximum absolute atomic E-state index is 12.5. The van der Waals surface area contributed by atoms with Crippen LogP contribution in [0.25, 0.3) is 0 Å². The van der Waals surface area contributed by atoms with E-state index in [1.54, 1.807) is 30.2 Å². The van der Waals surface area contributed by atoms with Crippen LogP contribution in [-0.2, 0) is 20.7 Å². The normalized spacial score (nSPS) is 20.6. The molecule has 2 amide bonds. The maximum atomic E-state index is 12.5. The van der Waals surface area contributed by atoms with Gasteiger partial charge >= 0.3 is 0 Å². The van der Waals surface area contributed by atoms with Crippen LogP contribution >= 0.6 is 11.6 Å². The zero-order valence-electron chi connectivity index (χ0n) is 13.3. The quantitative estimate of drug-likeness (QED) is 0.840. The molecule has 126 valence electrons. The first-order chi connectivity index (χ1) is 11.0. The molecule has 6 nitrogen and oxygen atoms in total. The number of carbonyl (C=O) groups is 2. The predicted octanol–water partition coefficient (Wildman–Crippen LogP) is 1.10. The maximum Gasteiger partial charge on any atom is 0.227 e. The lowest BCUT2D eigenvalue weighted by Gasteiger charge is -2.16. The SMILES string of the molecule is COC[C@@H]1CN(C(=O)Cc2ccc(OC)c(Cl)c2)C[C@H]1C(N)=O. The van der Waals surface area contributed by atoms with Crippen LogP contribution in [0, 0.1) is 11.8 Å². The van der Waals surface area contributed by atoms with E-state index in [1.165, 1.54) is 7.11 Å². The average molecular weight is 341 g/mol. The number of ether oxygens (including phenoxy) is 2. The number of carbonyl (C=O) groups excluding carboxylic acids is 2. The number of amides is 2. The Hall–Kier alpha value is -1.79. The molecule has 0 aromatic heterocycles. The molecule has 1 aromatic rings. The molecule has 1 aromatic carbocycles. The summed E-state index contributed by atoms with van der Waals surface area (Å²) < 4.78 is 10.2. The Labute approximate surface area is 140 Å². The van der Waals surface area contributed by atoms with Crippen LogP contribution in [0.5, 0.6) is 5.75 Å². The predicted molar refractivity (Wildman–Crippen MR) is 86.3 cm³/mol. The fourth-order valence-corrected chi connectivity index (χ4v) is 3.17. The minimum absolute atomic E-state index is 0.0547. The summed E-state index contributed by atoms with van der Waals surface area (Å²) >= 11 is 6.07. The van der Waals surface area contributed by atoms with Crippen LogP contribution in [-0.4, -0.2) is 50.6 Å². The second-order valence-corrected chi connectivity index (χ2v) is 6.08. The summed E-state index contributed by atoms with van der Waals surface area (Å²) in [5, 5.41) is 0.464. The first kappa shape index (κ1) is 17.6. The zero-order valence-corrected chi connectivity index (χ0v) is 14.0. The van der Waals surface area contributed by atoms with Crippen molar-refractivity contribution in [3.8, 4) is 5.75 Å². The lowest BCUT2D eigenvalue weighted by Crippen LogP contribution is -2.33. The van der Waals surface area contributed by atoms with E-state index in [9.17, 15) is 9.59 Å². The number of methoxy groups -OCH3 is 2. The first-order valence-corrected chi connectivity index (χ1v) is 7.72. The molecule has 7 heteroatoms. The number of primary amides is 1. The third-order valence-electron chi connectivity index (χ3n) is 4.11. The zero-order chi connectivity index (χ0) is 17.0. The standard InChI is InChI=1S/C16H21ClN2O4/c1-22-9-11-7-19(8-12(11)16(18)21)15(20)6-10-3-4-14(23-2)13(17)5-10/h3-5,11-12H,6-9H2,1-2H3,(H2,18,21)/t11-,12+/m0/s1. The van der Waals surface area contributed by atoms with Crippen LogP contribution in [0.3, 0.4) is 0 Å². The molecule has 1 saturated heterocycles. The van der Waals surface area contributed by atoms with Gasteiger partial charge in [-0.25, -0.2) is 0 Å². The van der Waals surface area contributed by atoms with Crippen LogP contribution in [0.1, 0.15) is 5.56 Å². The van der Waals surface area contributed by atoms with Crippen molar-refractivity contribution < 1.29 is 19.1 Å². The van der Waals surface area contributed by atoms with Crippen molar-refractivity contribution >= 4 is 23.4 Å². The van der Waals surface area contributed by atoms with Gasteiger partial charge < -0.3 is 20.1 Å². The van der Waals surface area contributed by atoms with Crippen molar-refractivity contribution in [2.45, 2.75) is 6.42 Å². The molecule has 0 saturated carbocycles. The summed E-state index contributed by atoms with van der Waals surface area (Å²) in [4.78, 5) is 25.6. The summed E-state index contributed by atoms with van der Waals surface area (Å²) in [5.74, 6) is -0.303. The Morgan fingerprint density at radius 3 is 2.65 bits per heavy atom. The van der Waals surface area contributed by atoms with Gasteiger partial charge in [0.2, 0.25) is 11.8 Å². The molecule has 23 heavy (non-hydrogen) atoms. The fourth-order valence-electron chi connectivity index (χ4n) is 2.89. The minimum atomic E-state index is -0.394. The van der Waals surface area contributed by atoms with Crippen LogP contribution in [0.2, 0.25) is 5.02 Å². The van der Waals surface area contributed by atoms with Crippen molar-refractivity contribution in [2.24, 2.45) is 17.6 Å². The second kappa shape index (κ2) is 7.66. The molecule has 1 fully saturated rings. The molecule has 0 aliphatic carbocycles. The Balaban J connectivity index is 2.03. The number of halogens is 1. The smallest absolute Gasteiger partial charge is 0.227 e. The van der Waals surface area contributed by atoms with Crippen molar-refractivity contribution in [3.05, 3.63) is 28.8 Å². The molecule has 0 radical (unpaired) electrons. The van der Waals surface area contributed by atoms with E-state index in [1.807, 2.05) is 0 Å². The number of hydrogen-bond donors (Lipinski definition) is 1. The highest BCUT2D eigenvalue weighted by atomic mass is 35.5. The minimum Gasteiger partial charge on any atom is -0.495 e. The molecule has 1 aliphatic rings. The second-order valence-electron chi connectivity index (χ2n) is 5.67. The lowest BCUT2D eigenvalue weighted by molar-refractivity contribution is -0.129. The molecular weight excluding hydrogens is 320 g/mol. The largest absolute Gasteiger partial charge is 0.495 e. The topological polar surface area (TPSA) is 81.9 Å². The number of hydrogen-bond acceptors (Lipinski definition) is 4. The van der Waals surface area contributed by atoms with Crippen molar-refractivity contribution in [1.29, 1.82) is 0 Å². The van der Waals surface area contributed by atoms with Crippen molar-refractivity contribution in [2.75, 3.05) is 33.9 Å². The van der Waals surface area contributed by atoms with E-state index in [-0.39, 0.29) is 24.2 Å². The Bertz CT molecular complexity index is 593. The highest BCUT2D eigenvalue weighted by Gasteiger charge is 2.38. The van der Waals surface area contributed by atoms with Gasteiger partial charge in [0.1, 0.15) is 5.75 Å². The number of benzene rings is 1. The molecule has 2 rings (SSSR count). The van der Waals surface area contributed by atoms with E-state index < -0.39 is 5.91 Å². The van der Waals surface area contributed by atoms with Crippen molar-refractivity contribution in [3.63, 3.8) is 0 Å². The Morgan fingerprint density at radius 2 is 2.09 bits per heavy atom. The molecule has 2 N–H and O–H groups in total. The van der Waals surface area contributed by atoms with E-state index >= 15 is 0 Å². The average Bonchev–Trinajstić information content (AvgIpc) is 2.92. The van der Waals surface area contributed by atoms with Gasteiger partial charge in [-0.05, 0) is 17.7 Å². The fraction of sp³-hybridized carbons (Fsp3) is 0.500. The number of nitrogens with zero attached hydrogens (tertiary/aromatic N) is 1. The molecule has 0 unspecified atom stereocenters. The third-order valence-corrected chi connectivity index (χ3v) is 4.41. The number of likely N-dealkylation sites (tertiary alicyclic amines) is 1. The van der Waals surface area contributed by atoms with Crippen LogP contribution in [0.4, 0.5) is 0 Å². The molecule has 1 aliphatic heterocycles. The summed E-state index contributed by atoms with van der Waals surface area (Å²) in [6, 6.07) is 5.25. The Kier molecular flexibility index (Phi) is 5.85. The lowest BCUT2D eigenvalue weighted by atomic mass is 9.96. The number of rotatable bonds is 6. The number of nitrogens with two attached hydrogens (primary N) is 1. The third kappa shape index (κ3) is 4.14. The van der Waals surface area contributed by atoms with Gasteiger partial charge in [0.15, 0.2) is 0 Å². The van der Waals surface area contributed by atoms with Gasteiger partial charge in [0.25, 0.3) is 0 Å². The Morgan fingerprint density at radius 1 is 1.35 bits per heavy atom. The molecule has 2 atom stereocenters. The van der Waals surface area contributed by atoms with Gasteiger partial charge in [-0.3, -0.25) is 9.59 Å². The van der Waals surface area contributed by atoms with Crippen LogP contribution in [0.15, 0.2) is 18.2 Å². The van der Waals surface area contributed by atoms with Gasteiger partial charge in [-0.15, -0.1) is 0 Å². The highest BCUT2D eigenvalue weighted by Crippen LogP contribution is 2.27. The van der Waals surface area contributed by atoms with E-state index in [2.05, 4.69) is 0 Å². The van der Waals surface area contributed by atoms with Gasteiger partial charge in [0, 0.05) is 26.1 Å².